The van der Waals surface area contributed by atoms with Crippen LogP contribution < -0.4 is 16.2 Å². The number of hydrogen-bond donors (Lipinski definition) is 2. The van der Waals surface area contributed by atoms with E-state index in [0.717, 1.165) is 24.8 Å². The average molecular weight is 264 g/mol. The molecule has 0 spiro atoms. The van der Waals surface area contributed by atoms with Crippen LogP contribution in [-0.4, -0.2) is 18.4 Å². The van der Waals surface area contributed by atoms with E-state index in [2.05, 4.69) is 0 Å². The lowest BCUT2D eigenvalue weighted by Crippen LogP contribution is -2.12. The molecule has 1 rings (SSSR count). The Morgan fingerprint density at radius 3 is 2.53 bits per heavy atom. The predicted octanol–water partition coefficient (Wildman–Crippen LogP) is 1.38. The molecule has 5 heteroatoms. The summed E-state index contributed by atoms with van der Waals surface area (Å²) in [7, 11) is 0. The summed E-state index contributed by atoms with van der Waals surface area (Å²) in [6, 6.07) is 5.19. The highest BCUT2D eigenvalue weighted by molar-refractivity contribution is 5.93. The second kappa shape index (κ2) is 7.41. The van der Waals surface area contributed by atoms with Crippen LogP contribution in [0.15, 0.2) is 18.2 Å². The summed E-state index contributed by atoms with van der Waals surface area (Å²) in [5.41, 5.74) is 11.8. The van der Waals surface area contributed by atoms with Gasteiger partial charge in [-0.2, -0.15) is 0 Å². The SMILES string of the molecule is CCOc1cc(C(N)=O)ccc1CCCCC(N)=O. The number of carbonyl (C=O) groups is 2. The third kappa shape index (κ3) is 4.99. The maximum atomic E-state index is 11.1. The van der Waals surface area contributed by atoms with Gasteiger partial charge in [-0.1, -0.05) is 6.07 Å². The lowest BCUT2D eigenvalue weighted by molar-refractivity contribution is -0.118. The van der Waals surface area contributed by atoms with Crippen molar-refractivity contribution in [3.8, 4) is 5.75 Å². The summed E-state index contributed by atoms with van der Waals surface area (Å²) < 4.78 is 5.51. The van der Waals surface area contributed by atoms with Gasteiger partial charge in [-0.3, -0.25) is 9.59 Å². The normalized spacial score (nSPS) is 10.2. The van der Waals surface area contributed by atoms with Crippen LogP contribution in [0.25, 0.3) is 0 Å². The molecular formula is C14H20N2O3. The quantitative estimate of drug-likeness (QED) is 0.694. The zero-order valence-electron chi connectivity index (χ0n) is 11.1. The number of unbranched alkanes of at least 4 members (excludes halogenated alkanes) is 1. The Morgan fingerprint density at radius 1 is 1.21 bits per heavy atom. The number of ether oxygens (including phenoxy) is 1. The maximum absolute atomic E-state index is 11.1. The first-order valence-electron chi connectivity index (χ1n) is 6.38. The van der Waals surface area contributed by atoms with Crippen molar-refractivity contribution in [2.75, 3.05) is 6.61 Å². The lowest BCUT2D eigenvalue weighted by atomic mass is 10.0. The second-order valence-electron chi connectivity index (χ2n) is 4.29. The Bertz CT molecular complexity index is 458. The maximum Gasteiger partial charge on any atom is 0.248 e. The fourth-order valence-electron chi connectivity index (χ4n) is 1.82. The van der Waals surface area contributed by atoms with E-state index in [1.807, 2.05) is 13.0 Å². The van der Waals surface area contributed by atoms with Gasteiger partial charge >= 0.3 is 0 Å². The van der Waals surface area contributed by atoms with Gasteiger partial charge in [0, 0.05) is 12.0 Å². The number of benzene rings is 1. The minimum absolute atomic E-state index is 0.283. The minimum atomic E-state index is -0.471. The lowest BCUT2D eigenvalue weighted by Gasteiger charge is -2.11. The number of amides is 2. The molecule has 0 bridgehead atoms. The molecule has 0 aliphatic rings. The molecule has 1 aromatic rings. The first kappa shape index (κ1) is 15.0. The molecule has 0 radical (unpaired) electrons. The van der Waals surface area contributed by atoms with E-state index in [1.54, 1.807) is 12.1 Å². The second-order valence-corrected chi connectivity index (χ2v) is 4.29. The van der Waals surface area contributed by atoms with Gasteiger partial charge in [-0.25, -0.2) is 0 Å². The number of nitrogens with two attached hydrogens (primary N) is 2. The van der Waals surface area contributed by atoms with Gasteiger partial charge < -0.3 is 16.2 Å². The summed E-state index contributed by atoms with van der Waals surface area (Å²) in [5, 5.41) is 0. The molecule has 0 aliphatic carbocycles. The van der Waals surface area contributed by atoms with Gasteiger partial charge in [0.15, 0.2) is 0 Å². The van der Waals surface area contributed by atoms with E-state index < -0.39 is 5.91 Å². The van der Waals surface area contributed by atoms with Crippen molar-refractivity contribution in [3.63, 3.8) is 0 Å². The molecule has 0 saturated carbocycles. The van der Waals surface area contributed by atoms with Gasteiger partial charge in [-0.15, -0.1) is 0 Å². The molecule has 0 aliphatic heterocycles. The van der Waals surface area contributed by atoms with Crippen LogP contribution in [-0.2, 0) is 11.2 Å². The average Bonchev–Trinajstić information content (AvgIpc) is 2.35. The van der Waals surface area contributed by atoms with E-state index in [0.29, 0.717) is 24.3 Å². The van der Waals surface area contributed by atoms with Crippen molar-refractivity contribution < 1.29 is 14.3 Å². The van der Waals surface area contributed by atoms with Gasteiger partial charge in [0.1, 0.15) is 5.75 Å². The van der Waals surface area contributed by atoms with Crippen LogP contribution >= 0.6 is 0 Å². The fraction of sp³-hybridized carbons (Fsp3) is 0.429. The van der Waals surface area contributed by atoms with Gasteiger partial charge in [0.05, 0.1) is 6.61 Å². The number of hydrogen-bond acceptors (Lipinski definition) is 3. The highest BCUT2D eigenvalue weighted by Crippen LogP contribution is 2.22. The Balaban J connectivity index is 2.70. The molecule has 1 aromatic carbocycles. The van der Waals surface area contributed by atoms with Crippen LogP contribution in [0.5, 0.6) is 5.75 Å². The fourth-order valence-corrected chi connectivity index (χ4v) is 1.82. The van der Waals surface area contributed by atoms with Gasteiger partial charge in [-0.05, 0) is 43.9 Å². The van der Waals surface area contributed by atoms with Crippen LogP contribution in [0.4, 0.5) is 0 Å². The number of aryl methyl sites for hydroxylation is 1. The first-order valence-corrected chi connectivity index (χ1v) is 6.38. The number of primary amides is 2. The number of carbonyl (C=O) groups excluding carboxylic acids is 2. The molecule has 0 aromatic heterocycles. The highest BCUT2D eigenvalue weighted by Gasteiger charge is 2.08. The van der Waals surface area contributed by atoms with Crippen molar-refractivity contribution in [2.45, 2.75) is 32.6 Å². The monoisotopic (exact) mass is 264 g/mol. The van der Waals surface area contributed by atoms with Gasteiger partial charge in [0.25, 0.3) is 0 Å². The smallest absolute Gasteiger partial charge is 0.248 e. The topological polar surface area (TPSA) is 95.4 Å². The summed E-state index contributed by atoms with van der Waals surface area (Å²) in [6.07, 6.45) is 2.77. The Hall–Kier alpha value is -2.04. The summed E-state index contributed by atoms with van der Waals surface area (Å²) in [4.78, 5) is 21.8. The molecule has 0 heterocycles. The molecule has 5 nitrogen and oxygen atoms in total. The highest BCUT2D eigenvalue weighted by atomic mass is 16.5. The third-order valence-corrected chi connectivity index (χ3v) is 2.77. The standard InChI is InChI=1S/C14H20N2O3/c1-2-19-12-9-11(14(16)18)8-7-10(12)5-3-4-6-13(15)17/h7-9H,2-6H2,1H3,(H2,15,17)(H2,16,18). The molecule has 4 N–H and O–H groups in total. The molecule has 104 valence electrons. The molecule has 0 unspecified atom stereocenters. The summed E-state index contributed by atoms with van der Waals surface area (Å²) >= 11 is 0. The predicted molar refractivity (Wildman–Crippen MR) is 72.9 cm³/mol. The van der Waals surface area contributed by atoms with E-state index >= 15 is 0 Å². The van der Waals surface area contributed by atoms with Crippen molar-refractivity contribution in [2.24, 2.45) is 11.5 Å². The van der Waals surface area contributed by atoms with Crippen LogP contribution in [0.2, 0.25) is 0 Å². The van der Waals surface area contributed by atoms with Gasteiger partial charge in [0.2, 0.25) is 11.8 Å². The Kier molecular flexibility index (Phi) is 5.85. The van der Waals surface area contributed by atoms with E-state index in [1.165, 1.54) is 0 Å². The van der Waals surface area contributed by atoms with Crippen molar-refractivity contribution >= 4 is 11.8 Å². The molecule has 0 saturated heterocycles. The molecule has 2 amide bonds. The first-order chi connectivity index (χ1) is 9.04. The Labute approximate surface area is 112 Å². The molecular weight excluding hydrogens is 244 g/mol. The molecule has 0 atom stereocenters. The van der Waals surface area contributed by atoms with E-state index in [9.17, 15) is 9.59 Å². The van der Waals surface area contributed by atoms with E-state index in [4.69, 9.17) is 16.2 Å². The van der Waals surface area contributed by atoms with Crippen LogP contribution in [0, 0.1) is 0 Å². The largest absolute Gasteiger partial charge is 0.494 e. The third-order valence-electron chi connectivity index (χ3n) is 2.77. The van der Waals surface area contributed by atoms with Crippen LogP contribution in [0.1, 0.15) is 42.1 Å². The molecule has 19 heavy (non-hydrogen) atoms. The molecule has 0 fully saturated rings. The zero-order chi connectivity index (χ0) is 14.3. The number of rotatable bonds is 8. The van der Waals surface area contributed by atoms with Crippen LogP contribution in [0.3, 0.4) is 0 Å². The van der Waals surface area contributed by atoms with Crippen molar-refractivity contribution in [1.82, 2.24) is 0 Å². The summed E-state index contributed by atoms with van der Waals surface area (Å²) in [6.45, 7) is 2.41. The minimum Gasteiger partial charge on any atom is -0.494 e. The van der Waals surface area contributed by atoms with E-state index in [-0.39, 0.29) is 5.91 Å². The van der Waals surface area contributed by atoms with Crippen molar-refractivity contribution in [3.05, 3.63) is 29.3 Å². The van der Waals surface area contributed by atoms with Crippen molar-refractivity contribution in [1.29, 1.82) is 0 Å². The zero-order valence-corrected chi connectivity index (χ0v) is 11.1. The summed E-state index contributed by atoms with van der Waals surface area (Å²) in [5.74, 6) is -0.0757. The Morgan fingerprint density at radius 2 is 1.95 bits per heavy atom.